The van der Waals surface area contributed by atoms with E-state index in [4.69, 9.17) is 9.47 Å². The maximum atomic E-state index is 12.0. The molecule has 26 heavy (non-hydrogen) atoms. The second kappa shape index (κ2) is 9.01. The van der Waals surface area contributed by atoms with E-state index in [0.717, 1.165) is 11.3 Å². The lowest BCUT2D eigenvalue weighted by molar-refractivity contribution is 0.0444. The third kappa shape index (κ3) is 5.32. The number of aromatic nitrogens is 1. The van der Waals surface area contributed by atoms with E-state index in [2.05, 4.69) is 10.3 Å². The Morgan fingerprint density at radius 1 is 1.08 bits per heavy atom. The molecule has 3 rings (SSSR count). The summed E-state index contributed by atoms with van der Waals surface area (Å²) in [7, 11) is 0. The smallest absolute Gasteiger partial charge is 0.358 e. The van der Waals surface area contributed by atoms with Crippen molar-refractivity contribution in [1.29, 1.82) is 0 Å². The summed E-state index contributed by atoms with van der Waals surface area (Å²) in [6, 6.07) is 17.7. The minimum absolute atomic E-state index is 0.178. The third-order valence-electron chi connectivity index (χ3n) is 3.61. The van der Waals surface area contributed by atoms with Crippen LogP contribution in [-0.4, -0.2) is 24.2 Å². The Hall–Kier alpha value is -2.86. The van der Waals surface area contributed by atoms with Crippen molar-refractivity contribution >= 4 is 22.4 Å². The average Bonchev–Trinajstić information content (AvgIpc) is 3.15. The summed E-state index contributed by atoms with van der Waals surface area (Å²) in [4.78, 5) is 16.3. The lowest BCUT2D eigenvalue weighted by Gasteiger charge is -2.06. The van der Waals surface area contributed by atoms with Crippen LogP contribution in [0.1, 0.15) is 21.6 Å². The zero-order chi connectivity index (χ0) is 18.2. The van der Waals surface area contributed by atoms with E-state index in [9.17, 15) is 4.79 Å². The normalized spacial score (nSPS) is 10.3. The molecule has 0 atom stereocenters. The lowest BCUT2D eigenvalue weighted by atomic mass is 10.2. The van der Waals surface area contributed by atoms with E-state index in [1.807, 2.05) is 61.5 Å². The van der Waals surface area contributed by atoms with E-state index in [-0.39, 0.29) is 6.61 Å². The summed E-state index contributed by atoms with van der Waals surface area (Å²) in [5, 5.41) is 5.59. The molecule has 0 bridgehead atoms. The highest BCUT2D eigenvalue weighted by atomic mass is 32.1. The molecule has 0 fully saturated rings. The van der Waals surface area contributed by atoms with Gasteiger partial charge >= 0.3 is 5.97 Å². The van der Waals surface area contributed by atoms with Crippen LogP contribution in [0.3, 0.4) is 0 Å². The van der Waals surface area contributed by atoms with Crippen molar-refractivity contribution in [3.63, 3.8) is 0 Å². The fraction of sp³-hybridized carbons (Fsp3) is 0.200. The molecule has 1 aromatic heterocycles. The van der Waals surface area contributed by atoms with Crippen molar-refractivity contribution in [2.75, 3.05) is 18.5 Å². The Balaban J connectivity index is 1.40. The number of anilines is 1. The van der Waals surface area contributed by atoms with E-state index in [1.54, 1.807) is 5.38 Å². The van der Waals surface area contributed by atoms with Crippen molar-refractivity contribution in [1.82, 2.24) is 4.98 Å². The van der Waals surface area contributed by atoms with Gasteiger partial charge < -0.3 is 14.8 Å². The molecule has 1 N–H and O–H groups in total. The maximum Gasteiger partial charge on any atom is 0.358 e. The molecule has 0 unspecified atom stereocenters. The molecule has 0 aliphatic rings. The van der Waals surface area contributed by atoms with E-state index >= 15 is 0 Å². The van der Waals surface area contributed by atoms with Gasteiger partial charge in [0.25, 0.3) is 0 Å². The summed E-state index contributed by atoms with van der Waals surface area (Å²) in [5.74, 6) is 0.314. The standard InChI is InChI=1S/C20H20N2O3S/c1-15-7-9-17(10-8-15)24-11-12-25-19(23)18-14-26-20(22-18)21-13-16-5-3-2-4-6-16/h2-10,14H,11-13H2,1H3,(H,21,22). The van der Waals surface area contributed by atoms with Crippen molar-refractivity contribution in [2.24, 2.45) is 0 Å². The van der Waals surface area contributed by atoms with Crippen LogP contribution in [0.4, 0.5) is 5.13 Å². The minimum Gasteiger partial charge on any atom is -0.490 e. The molecule has 0 amide bonds. The van der Waals surface area contributed by atoms with Gasteiger partial charge in [-0.3, -0.25) is 0 Å². The Morgan fingerprint density at radius 2 is 1.85 bits per heavy atom. The fourth-order valence-corrected chi connectivity index (χ4v) is 2.90. The number of hydrogen-bond donors (Lipinski definition) is 1. The lowest BCUT2D eigenvalue weighted by Crippen LogP contribution is -2.12. The molecule has 0 spiro atoms. The number of rotatable bonds is 8. The number of benzene rings is 2. The quantitative estimate of drug-likeness (QED) is 0.474. The molecular weight excluding hydrogens is 348 g/mol. The summed E-state index contributed by atoms with van der Waals surface area (Å²) in [6.45, 7) is 3.16. The summed E-state index contributed by atoms with van der Waals surface area (Å²) < 4.78 is 10.7. The van der Waals surface area contributed by atoms with Gasteiger partial charge in [0.2, 0.25) is 0 Å². The summed E-state index contributed by atoms with van der Waals surface area (Å²) in [6.07, 6.45) is 0. The molecule has 6 heteroatoms. The monoisotopic (exact) mass is 368 g/mol. The number of hydrogen-bond acceptors (Lipinski definition) is 6. The highest BCUT2D eigenvalue weighted by Crippen LogP contribution is 2.17. The number of aryl methyl sites for hydroxylation is 1. The predicted octanol–water partition coefficient (Wildman–Crippen LogP) is 4.30. The topological polar surface area (TPSA) is 60.5 Å². The van der Waals surface area contributed by atoms with Gasteiger partial charge in [-0.15, -0.1) is 11.3 Å². The molecule has 2 aromatic carbocycles. The van der Waals surface area contributed by atoms with Crippen LogP contribution in [0.25, 0.3) is 0 Å². The number of nitrogens with zero attached hydrogens (tertiary/aromatic N) is 1. The molecule has 0 saturated heterocycles. The number of ether oxygens (including phenoxy) is 2. The van der Waals surface area contributed by atoms with Gasteiger partial charge in [0.05, 0.1) is 0 Å². The second-order valence-corrected chi connectivity index (χ2v) is 6.53. The van der Waals surface area contributed by atoms with Crippen LogP contribution in [0.5, 0.6) is 5.75 Å². The van der Waals surface area contributed by atoms with Gasteiger partial charge in [0.15, 0.2) is 10.8 Å². The van der Waals surface area contributed by atoms with Crippen LogP contribution >= 0.6 is 11.3 Å². The molecule has 134 valence electrons. The Morgan fingerprint density at radius 3 is 2.62 bits per heavy atom. The first-order chi connectivity index (χ1) is 12.7. The van der Waals surface area contributed by atoms with Crippen molar-refractivity contribution in [3.8, 4) is 5.75 Å². The second-order valence-electron chi connectivity index (χ2n) is 5.67. The van der Waals surface area contributed by atoms with Gasteiger partial charge in [-0.05, 0) is 24.6 Å². The van der Waals surface area contributed by atoms with Crippen molar-refractivity contribution in [3.05, 3.63) is 76.8 Å². The van der Waals surface area contributed by atoms with Crippen LogP contribution in [0, 0.1) is 6.92 Å². The molecule has 0 saturated carbocycles. The minimum atomic E-state index is -0.443. The largest absolute Gasteiger partial charge is 0.490 e. The Kier molecular flexibility index (Phi) is 6.22. The number of carbonyl (C=O) groups is 1. The van der Waals surface area contributed by atoms with E-state index in [0.29, 0.717) is 24.0 Å². The number of nitrogens with one attached hydrogen (secondary N) is 1. The summed E-state index contributed by atoms with van der Waals surface area (Å²) in [5.41, 5.74) is 2.63. The number of carbonyl (C=O) groups excluding carboxylic acids is 1. The van der Waals surface area contributed by atoms with Crippen molar-refractivity contribution in [2.45, 2.75) is 13.5 Å². The first kappa shape index (κ1) is 17.9. The molecule has 0 radical (unpaired) electrons. The summed E-state index contributed by atoms with van der Waals surface area (Å²) >= 11 is 1.38. The zero-order valence-electron chi connectivity index (χ0n) is 14.5. The van der Waals surface area contributed by atoms with Gasteiger partial charge in [0, 0.05) is 11.9 Å². The Bertz CT molecular complexity index is 832. The van der Waals surface area contributed by atoms with E-state index in [1.165, 1.54) is 16.9 Å². The van der Waals surface area contributed by atoms with E-state index < -0.39 is 5.97 Å². The van der Waals surface area contributed by atoms with Gasteiger partial charge in [0.1, 0.15) is 19.0 Å². The maximum absolute atomic E-state index is 12.0. The highest BCUT2D eigenvalue weighted by Gasteiger charge is 2.12. The molecule has 0 aliphatic carbocycles. The van der Waals surface area contributed by atoms with Gasteiger partial charge in [-0.1, -0.05) is 48.0 Å². The molecule has 0 aliphatic heterocycles. The first-order valence-corrected chi connectivity index (χ1v) is 9.18. The Labute approximate surface area is 156 Å². The highest BCUT2D eigenvalue weighted by molar-refractivity contribution is 7.13. The predicted molar refractivity (Wildman–Crippen MR) is 103 cm³/mol. The van der Waals surface area contributed by atoms with Crippen LogP contribution in [0.2, 0.25) is 0 Å². The average molecular weight is 368 g/mol. The van der Waals surface area contributed by atoms with Crippen molar-refractivity contribution < 1.29 is 14.3 Å². The molecule has 5 nitrogen and oxygen atoms in total. The SMILES string of the molecule is Cc1ccc(OCCOC(=O)c2csc(NCc3ccccc3)n2)cc1. The molecule has 1 heterocycles. The number of esters is 1. The van der Waals surface area contributed by atoms with Gasteiger partial charge in [-0.25, -0.2) is 9.78 Å². The molecule has 3 aromatic rings. The molecular formula is C20H20N2O3S. The zero-order valence-corrected chi connectivity index (χ0v) is 15.3. The third-order valence-corrected chi connectivity index (χ3v) is 4.41. The number of thiazole rings is 1. The van der Waals surface area contributed by atoms with Gasteiger partial charge in [-0.2, -0.15) is 0 Å². The first-order valence-electron chi connectivity index (χ1n) is 8.30. The van der Waals surface area contributed by atoms with Crippen LogP contribution in [0.15, 0.2) is 60.0 Å². The van der Waals surface area contributed by atoms with Crippen LogP contribution < -0.4 is 10.1 Å². The van der Waals surface area contributed by atoms with Crippen LogP contribution in [-0.2, 0) is 11.3 Å². The fourth-order valence-electron chi connectivity index (χ4n) is 2.22.